The number of amides is 1. The summed E-state index contributed by atoms with van der Waals surface area (Å²) in [4.78, 5) is 38.0. The van der Waals surface area contributed by atoms with E-state index < -0.39 is 11.9 Å². The predicted octanol–water partition coefficient (Wildman–Crippen LogP) is 2.55. The number of hydrogen-bond acceptors (Lipinski definition) is 7. The van der Waals surface area contributed by atoms with Crippen molar-refractivity contribution < 1.29 is 23.9 Å². The van der Waals surface area contributed by atoms with E-state index in [1.54, 1.807) is 19.1 Å². The van der Waals surface area contributed by atoms with E-state index in [0.29, 0.717) is 10.6 Å². The molecule has 0 N–H and O–H groups in total. The summed E-state index contributed by atoms with van der Waals surface area (Å²) in [5.41, 5.74) is 0.499. The molecule has 0 atom stereocenters. The third kappa shape index (κ3) is 5.27. The number of rotatable bonds is 7. The first kappa shape index (κ1) is 19.4. The molecule has 2 rings (SSSR count). The highest BCUT2D eigenvalue weighted by Crippen LogP contribution is 2.28. The summed E-state index contributed by atoms with van der Waals surface area (Å²) in [6, 6.07) is 7.19. The van der Waals surface area contributed by atoms with Gasteiger partial charge in [0.05, 0.1) is 35.6 Å². The number of thioether (sulfide) groups is 2. The van der Waals surface area contributed by atoms with Crippen molar-refractivity contribution in [2.75, 3.05) is 31.8 Å². The molecular formula is C17H19NO5S2. The Labute approximate surface area is 154 Å². The second-order valence-corrected chi connectivity index (χ2v) is 6.75. The zero-order valence-corrected chi connectivity index (χ0v) is 15.7. The lowest BCUT2D eigenvalue weighted by Gasteiger charge is -2.17. The van der Waals surface area contributed by atoms with Gasteiger partial charge < -0.3 is 14.4 Å². The minimum Gasteiger partial charge on any atom is -0.463 e. The van der Waals surface area contributed by atoms with Gasteiger partial charge in [0.15, 0.2) is 0 Å². The molecule has 0 aliphatic carbocycles. The minimum absolute atomic E-state index is 0.0496. The summed E-state index contributed by atoms with van der Waals surface area (Å²) in [6.45, 7) is 2.24. The lowest BCUT2D eigenvalue weighted by molar-refractivity contribution is -0.137. The number of nitrogens with zero attached hydrogens (tertiary/aromatic N) is 1. The molecule has 1 fully saturated rings. The van der Waals surface area contributed by atoms with E-state index in [1.807, 2.05) is 18.4 Å². The van der Waals surface area contributed by atoms with E-state index in [0.717, 1.165) is 4.90 Å². The molecule has 134 valence electrons. The maximum Gasteiger partial charge on any atom is 0.339 e. The molecule has 0 aromatic heterocycles. The number of benzene rings is 1. The largest absolute Gasteiger partial charge is 0.463 e. The fraction of sp³-hybridized carbons (Fsp3) is 0.353. The molecule has 6 nitrogen and oxygen atoms in total. The maximum atomic E-state index is 12.2. The van der Waals surface area contributed by atoms with Crippen LogP contribution in [0.5, 0.6) is 0 Å². The van der Waals surface area contributed by atoms with Gasteiger partial charge in [0.1, 0.15) is 6.61 Å². The molecular weight excluding hydrogens is 362 g/mol. The Balaban J connectivity index is 1.94. The number of carbonyl (C=O) groups is 3. The van der Waals surface area contributed by atoms with Crippen LogP contribution in [0.15, 0.2) is 40.3 Å². The van der Waals surface area contributed by atoms with E-state index in [2.05, 4.69) is 0 Å². The summed E-state index contributed by atoms with van der Waals surface area (Å²) in [5.74, 6) is -0.786. The zero-order chi connectivity index (χ0) is 18.2. The number of carbonyl (C=O) groups excluding carboxylic acids is 3. The van der Waals surface area contributed by atoms with E-state index in [4.69, 9.17) is 9.47 Å². The van der Waals surface area contributed by atoms with Crippen molar-refractivity contribution in [1.82, 2.24) is 4.90 Å². The molecule has 0 saturated carbocycles. The van der Waals surface area contributed by atoms with Crippen LogP contribution in [0, 0.1) is 0 Å². The van der Waals surface area contributed by atoms with Crippen LogP contribution in [0.1, 0.15) is 17.3 Å². The monoisotopic (exact) mass is 381 g/mol. The van der Waals surface area contributed by atoms with Gasteiger partial charge in [-0.15, -0.1) is 11.8 Å². The number of hydrogen-bond donors (Lipinski definition) is 0. The first-order chi connectivity index (χ1) is 12.1. The van der Waals surface area contributed by atoms with Crippen LogP contribution in [0.4, 0.5) is 0 Å². The van der Waals surface area contributed by atoms with Gasteiger partial charge in [-0.3, -0.25) is 4.79 Å². The molecule has 1 amide bonds. The first-order valence-electron chi connectivity index (χ1n) is 7.68. The van der Waals surface area contributed by atoms with Gasteiger partial charge in [-0.2, -0.15) is 0 Å². The minimum atomic E-state index is -0.490. The normalized spacial score (nSPS) is 15.5. The summed E-state index contributed by atoms with van der Waals surface area (Å²) in [6.07, 6.45) is 3.18. The van der Waals surface area contributed by atoms with Crippen LogP contribution in [-0.2, 0) is 19.1 Å². The summed E-state index contributed by atoms with van der Waals surface area (Å²) in [5, 5.41) is 0.518. The summed E-state index contributed by atoms with van der Waals surface area (Å²) in [7, 11) is 0. The van der Waals surface area contributed by atoms with Gasteiger partial charge in [0.2, 0.25) is 5.91 Å². The van der Waals surface area contributed by atoms with Gasteiger partial charge in [-0.05, 0) is 25.3 Å². The Morgan fingerprint density at radius 2 is 2.08 bits per heavy atom. The second-order valence-electron chi connectivity index (χ2n) is 4.90. The number of esters is 2. The Kier molecular flexibility index (Phi) is 7.39. The molecule has 0 bridgehead atoms. The molecule has 1 aliphatic rings. The fourth-order valence-electron chi connectivity index (χ4n) is 2.17. The lowest BCUT2D eigenvalue weighted by Crippen LogP contribution is -2.29. The topological polar surface area (TPSA) is 72.9 Å². The van der Waals surface area contributed by atoms with E-state index in [-0.39, 0.29) is 31.4 Å². The molecule has 25 heavy (non-hydrogen) atoms. The van der Waals surface area contributed by atoms with Crippen molar-refractivity contribution in [3.63, 3.8) is 0 Å². The average molecular weight is 381 g/mol. The highest BCUT2D eigenvalue weighted by Gasteiger charge is 2.27. The van der Waals surface area contributed by atoms with E-state index >= 15 is 0 Å². The standard InChI is InChI=1S/C17H19NO5S2/c1-3-22-16(20)10-15-18(14(19)11-25-15)8-9-23-17(21)12-6-4-5-7-13(12)24-2/h4-7,10H,3,8-9,11H2,1-2H3/b15-10+. The third-order valence-corrected chi connectivity index (χ3v) is 5.13. The molecule has 1 saturated heterocycles. The van der Waals surface area contributed by atoms with Gasteiger partial charge >= 0.3 is 11.9 Å². The summed E-state index contributed by atoms with van der Waals surface area (Å²) < 4.78 is 10.1. The van der Waals surface area contributed by atoms with Gasteiger partial charge in [0.25, 0.3) is 0 Å². The molecule has 1 aromatic rings. The highest BCUT2D eigenvalue weighted by atomic mass is 32.2. The second kappa shape index (κ2) is 9.53. The van der Waals surface area contributed by atoms with Gasteiger partial charge in [0, 0.05) is 4.90 Å². The predicted molar refractivity (Wildman–Crippen MR) is 97.4 cm³/mol. The van der Waals surface area contributed by atoms with E-state index in [1.165, 1.54) is 34.5 Å². The van der Waals surface area contributed by atoms with Gasteiger partial charge in [-0.25, -0.2) is 9.59 Å². The fourth-order valence-corrected chi connectivity index (χ4v) is 3.72. The smallest absolute Gasteiger partial charge is 0.339 e. The molecule has 8 heteroatoms. The van der Waals surface area contributed by atoms with E-state index in [9.17, 15) is 14.4 Å². The third-order valence-electron chi connectivity index (χ3n) is 3.31. The molecule has 0 radical (unpaired) electrons. The Morgan fingerprint density at radius 1 is 1.32 bits per heavy atom. The quantitative estimate of drug-likeness (QED) is 0.408. The Bertz CT molecular complexity index is 689. The molecule has 1 heterocycles. The van der Waals surface area contributed by atoms with Crippen LogP contribution >= 0.6 is 23.5 Å². The van der Waals surface area contributed by atoms with Crippen LogP contribution in [0.2, 0.25) is 0 Å². The van der Waals surface area contributed by atoms with Crippen LogP contribution in [0.25, 0.3) is 0 Å². The molecule has 0 spiro atoms. The van der Waals surface area contributed by atoms with Crippen molar-refractivity contribution in [3.8, 4) is 0 Å². The SMILES string of the molecule is CCOC(=O)/C=C1/SCC(=O)N1CCOC(=O)c1ccccc1SC. The zero-order valence-electron chi connectivity index (χ0n) is 14.0. The Morgan fingerprint density at radius 3 is 2.80 bits per heavy atom. The average Bonchev–Trinajstić information content (AvgIpc) is 2.95. The van der Waals surface area contributed by atoms with Crippen LogP contribution < -0.4 is 0 Å². The van der Waals surface area contributed by atoms with Crippen molar-refractivity contribution in [1.29, 1.82) is 0 Å². The van der Waals surface area contributed by atoms with Crippen molar-refractivity contribution >= 4 is 41.4 Å². The van der Waals surface area contributed by atoms with Crippen molar-refractivity contribution in [2.24, 2.45) is 0 Å². The highest BCUT2D eigenvalue weighted by molar-refractivity contribution is 8.04. The molecule has 1 aliphatic heterocycles. The Hall–Kier alpha value is -1.93. The number of ether oxygens (including phenoxy) is 2. The van der Waals surface area contributed by atoms with Crippen molar-refractivity contribution in [2.45, 2.75) is 11.8 Å². The van der Waals surface area contributed by atoms with Crippen LogP contribution in [0.3, 0.4) is 0 Å². The van der Waals surface area contributed by atoms with Gasteiger partial charge in [-0.1, -0.05) is 23.9 Å². The lowest BCUT2D eigenvalue weighted by atomic mass is 10.2. The maximum absolute atomic E-state index is 12.2. The first-order valence-corrected chi connectivity index (χ1v) is 9.89. The van der Waals surface area contributed by atoms with Crippen LogP contribution in [-0.4, -0.2) is 54.5 Å². The molecule has 1 aromatic carbocycles. The van der Waals surface area contributed by atoms with Crippen molar-refractivity contribution in [3.05, 3.63) is 40.9 Å². The summed E-state index contributed by atoms with van der Waals surface area (Å²) >= 11 is 2.73. The molecule has 0 unspecified atom stereocenters.